The maximum Gasteiger partial charge on any atom is 0.330 e. The van der Waals surface area contributed by atoms with Gasteiger partial charge in [0.2, 0.25) is 5.91 Å². The monoisotopic (exact) mass is 515 g/mol. The predicted molar refractivity (Wildman–Crippen MR) is 136 cm³/mol. The minimum absolute atomic E-state index is 0.146. The second kappa shape index (κ2) is 10.5. The Labute approximate surface area is 215 Å². The Morgan fingerprint density at radius 2 is 1.94 bits per heavy atom. The number of fused-ring (bicyclic) bond motifs is 2. The number of aliphatic carboxylic acids is 1. The van der Waals surface area contributed by atoms with E-state index in [9.17, 15) is 19.2 Å². The average molecular weight is 516 g/mol. The molecule has 1 aromatic rings. The molecule has 3 unspecified atom stereocenters. The van der Waals surface area contributed by atoms with E-state index in [1.165, 1.54) is 0 Å². The van der Waals surface area contributed by atoms with Crippen LogP contribution in [0.25, 0.3) is 0 Å². The highest BCUT2D eigenvalue weighted by Crippen LogP contribution is 2.50. The van der Waals surface area contributed by atoms with E-state index >= 15 is 0 Å². The zero-order valence-electron chi connectivity index (χ0n) is 20.7. The molecule has 1 heterocycles. The molecule has 3 amide bonds. The van der Waals surface area contributed by atoms with E-state index in [2.05, 4.69) is 22.8 Å². The maximum atomic E-state index is 13.4. The van der Waals surface area contributed by atoms with E-state index < -0.39 is 29.6 Å². The number of benzene rings is 1. The number of anilines is 1. The largest absolute Gasteiger partial charge is 0.481 e. The van der Waals surface area contributed by atoms with Gasteiger partial charge in [0.15, 0.2) is 0 Å². The van der Waals surface area contributed by atoms with Crippen LogP contribution in [0.3, 0.4) is 0 Å². The number of nitrogens with zero attached hydrogens (tertiary/aromatic N) is 1. The lowest BCUT2D eigenvalue weighted by atomic mass is 9.92. The van der Waals surface area contributed by atoms with Gasteiger partial charge in [0, 0.05) is 11.4 Å². The fraction of sp³-hybridized carbons (Fsp3) is 0.538. The molecule has 5 atom stereocenters. The molecule has 0 spiro atoms. The summed E-state index contributed by atoms with van der Waals surface area (Å²) >= 11 is 1.62. The molecule has 9 nitrogen and oxygen atoms in total. The van der Waals surface area contributed by atoms with Gasteiger partial charge in [0.05, 0.1) is 18.3 Å². The fourth-order valence-electron chi connectivity index (χ4n) is 5.23. The van der Waals surface area contributed by atoms with Gasteiger partial charge in [-0.2, -0.15) is 0 Å². The van der Waals surface area contributed by atoms with Gasteiger partial charge in [-0.3, -0.25) is 9.59 Å². The zero-order valence-corrected chi connectivity index (χ0v) is 21.5. The highest BCUT2D eigenvalue weighted by atomic mass is 32.2. The molecule has 1 aromatic carbocycles. The molecule has 2 fully saturated rings. The second-order valence-electron chi connectivity index (χ2n) is 10.6. The summed E-state index contributed by atoms with van der Waals surface area (Å²) in [5.41, 5.74) is 0.305. The number of thioether (sulfide) groups is 1. The first kappa shape index (κ1) is 26.1. The fourth-order valence-corrected chi connectivity index (χ4v) is 6.89. The number of nitrogens with one attached hydrogen (secondary N) is 2. The third kappa shape index (κ3) is 6.21. The summed E-state index contributed by atoms with van der Waals surface area (Å²) in [5, 5.41) is 14.0. The van der Waals surface area contributed by atoms with Crippen molar-refractivity contribution >= 4 is 41.3 Å². The number of rotatable bonds is 7. The molecule has 3 N–H and O–H groups in total. The summed E-state index contributed by atoms with van der Waals surface area (Å²) in [6.07, 6.45) is 6.39. The van der Waals surface area contributed by atoms with Crippen molar-refractivity contribution in [2.45, 2.75) is 57.1 Å². The van der Waals surface area contributed by atoms with E-state index in [-0.39, 0.29) is 30.2 Å². The van der Waals surface area contributed by atoms with Crippen LogP contribution in [-0.2, 0) is 25.5 Å². The molecule has 1 aliphatic heterocycles. The number of allylic oxidation sites excluding steroid dienone is 2. The Morgan fingerprint density at radius 3 is 2.58 bits per heavy atom. The average Bonchev–Trinajstić information content (AvgIpc) is 3.51. The molecule has 10 heteroatoms. The minimum Gasteiger partial charge on any atom is -0.481 e. The minimum atomic E-state index is -0.967. The SMILES string of the molecule is CC(C)(C)OC(=O)C1CSC([C@@H]2C[C@@H]3C=CC2C3)N1C(=O)CNC(=O)Nc1cccc(CC(=O)O)c1. The molecule has 3 aliphatic rings. The second-order valence-corrected chi connectivity index (χ2v) is 11.7. The zero-order chi connectivity index (χ0) is 26.0. The highest BCUT2D eigenvalue weighted by molar-refractivity contribution is 8.00. The quantitative estimate of drug-likeness (QED) is 0.376. The van der Waals surface area contributed by atoms with Crippen LogP contribution in [0.5, 0.6) is 0 Å². The molecular formula is C26H33N3O6S. The van der Waals surface area contributed by atoms with Gasteiger partial charge in [-0.05, 0) is 69.1 Å². The number of carbonyl (C=O) groups excluding carboxylic acids is 3. The van der Waals surface area contributed by atoms with E-state index in [1.54, 1.807) is 61.7 Å². The third-order valence-corrected chi connectivity index (χ3v) is 8.06. The molecule has 4 rings (SSSR count). The van der Waals surface area contributed by atoms with Gasteiger partial charge in [0.1, 0.15) is 11.6 Å². The van der Waals surface area contributed by atoms with Crippen LogP contribution in [0.2, 0.25) is 0 Å². The Kier molecular flexibility index (Phi) is 7.63. The molecule has 0 radical (unpaired) electrons. The summed E-state index contributed by atoms with van der Waals surface area (Å²) in [6.45, 7) is 5.13. The number of carbonyl (C=O) groups is 4. The smallest absolute Gasteiger partial charge is 0.330 e. The van der Waals surface area contributed by atoms with Crippen LogP contribution in [0, 0.1) is 17.8 Å². The van der Waals surface area contributed by atoms with Gasteiger partial charge >= 0.3 is 18.0 Å². The van der Waals surface area contributed by atoms with E-state index in [0.29, 0.717) is 28.8 Å². The normalized spacial score (nSPS) is 26.6. The summed E-state index contributed by atoms with van der Waals surface area (Å²) in [4.78, 5) is 51.5. The lowest BCUT2D eigenvalue weighted by Gasteiger charge is -2.35. The Morgan fingerprint density at radius 1 is 1.17 bits per heavy atom. The molecule has 2 bridgehead atoms. The lowest BCUT2D eigenvalue weighted by Crippen LogP contribution is -2.53. The van der Waals surface area contributed by atoms with Gasteiger partial charge in [-0.25, -0.2) is 9.59 Å². The van der Waals surface area contributed by atoms with Crippen molar-refractivity contribution in [3.63, 3.8) is 0 Å². The maximum absolute atomic E-state index is 13.4. The number of carboxylic acids is 1. The molecule has 1 saturated heterocycles. The Balaban J connectivity index is 1.42. The van der Waals surface area contributed by atoms with E-state index in [1.807, 2.05) is 0 Å². The van der Waals surface area contributed by atoms with Crippen molar-refractivity contribution in [3.05, 3.63) is 42.0 Å². The summed E-state index contributed by atoms with van der Waals surface area (Å²) in [5.74, 6) is -0.0658. The van der Waals surface area contributed by atoms with Crippen molar-refractivity contribution in [3.8, 4) is 0 Å². The van der Waals surface area contributed by atoms with E-state index in [4.69, 9.17) is 9.84 Å². The molecule has 2 aliphatic carbocycles. The van der Waals surface area contributed by atoms with E-state index in [0.717, 1.165) is 12.8 Å². The van der Waals surface area contributed by atoms with Crippen molar-refractivity contribution in [1.29, 1.82) is 0 Å². The van der Waals surface area contributed by atoms with Crippen LogP contribution in [0.4, 0.5) is 10.5 Å². The summed E-state index contributed by atoms with van der Waals surface area (Å²) in [6, 6.07) is 5.24. The van der Waals surface area contributed by atoms with Crippen molar-refractivity contribution < 1.29 is 29.0 Å². The number of hydrogen-bond acceptors (Lipinski definition) is 6. The Bertz CT molecular complexity index is 1070. The standard InChI is InChI=1S/C26H33N3O6S/c1-26(2,3)35-24(33)20-14-36-23(19-11-16-7-8-17(19)9-16)29(20)21(30)13-27-25(34)28-18-6-4-5-15(10-18)12-22(31)32/h4-8,10,16-17,19-20,23H,9,11-14H2,1-3H3,(H,31,32)(H2,27,28,34)/t16-,17?,19-,20?,23?/m1/s1. The van der Waals surface area contributed by atoms with Crippen LogP contribution in [0.15, 0.2) is 36.4 Å². The first-order valence-corrected chi connectivity index (χ1v) is 13.2. The number of carboxylic acid groups (broad SMARTS) is 1. The summed E-state index contributed by atoms with van der Waals surface area (Å²) < 4.78 is 5.62. The van der Waals surface area contributed by atoms with Crippen LogP contribution in [0.1, 0.15) is 39.2 Å². The molecular weight excluding hydrogens is 482 g/mol. The van der Waals surface area contributed by atoms with Crippen LogP contribution < -0.4 is 10.6 Å². The van der Waals surface area contributed by atoms with Gasteiger partial charge < -0.3 is 25.4 Å². The number of amides is 3. The van der Waals surface area contributed by atoms with Gasteiger partial charge in [0.25, 0.3) is 0 Å². The van der Waals surface area contributed by atoms with Crippen LogP contribution >= 0.6 is 11.8 Å². The first-order valence-electron chi connectivity index (χ1n) is 12.2. The highest BCUT2D eigenvalue weighted by Gasteiger charge is 2.50. The molecule has 0 aromatic heterocycles. The van der Waals surface area contributed by atoms with Crippen molar-refractivity contribution in [1.82, 2.24) is 10.2 Å². The predicted octanol–water partition coefficient (Wildman–Crippen LogP) is 3.26. The van der Waals surface area contributed by atoms with Crippen molar-refractivity contribution in [2.75, 3.05) is 17.6 Å². The van der Waals surface area contributed by atoms with Gasteiger partial charge in [-0.1, -0.05) is 24.3 Å². The molecule has 1 saturated carbocycles. The number of urea groups is 1. The molecule has 36 heavy (non-hydrogen) atoms. The van der Waals surface area contributed by atoms with Gasteiger partial charge in [-0.15, -0.1) is 11.8 Å². The Hall–Kier alpha value is -3.01. The molecule has 194 valence electrons. The van der Waals surface area contributed by atoms with Crippen LogP contribution in [-0.4, -0.2) is 63.2 Å². The third-order valence-electron chi connectivity index (χ3n) is 6.64. The summed E-state index contributed by atoms with van der Waals surface area (Å²) in [7, 11) is 0. The number of ether oxygens (including phenoxy) is 1. The number of hydrogen-bond donors (Lipinski definition) is 3. The van der Waals surface area contributed by atoms with Crippen molar-refractivity contribution in [2.24, 2.45) is 17.8 Å². The number of esters is 1. The first-order chi connectivity index (χ1) is 17.0. The topological polar surface area (TPSA) is 125 Å². The lowest BCUT2D eigenvalue weighted by molar-refractivity contribution is -0.164.